The Balaban J connectivity index is 1.95. The van der Waals surface area contributed by atoms with Gasteiger partial charge in [-0.25, -0.2) is 4.84 Å². The van der Waals surface area contributed by atoms with Gasteiger partial charge in [0.1, 0.15) is 11.2 Å². The van der Waals surface area contributed by atoms with Crippen molar-refractivity contribution < 1.29 is 42.3 Å². The average molecular weight is 513 g/mol. The standard InChI is InChI=1S/C20H21Cl2F2NO6S/c1-11(21)13(14(22)10-25-28-2)9-15(26)12-3-4-16(29-19(23)24)18-17(12)30-20(31-18)5-7-32(27)8-6-20/h3-4,10,19,25H,5-9H2,1-2H3/p+1/b13-11+,14-10+. The predicted molar refractivity (Wildman–Crippen MR) is 115 cm³/mol. The van der Waals surface area contributed by atoms with Gasteiger partial charge < -0.3 is 14.2 Å². The minimum atomic E-state index is -3.09. The van der Waals surface area contributed by atoms with Gasteiger partial charge in [-0.05, 0) is 24.6 Å². The number of ether oxygens (including phenoxy) is 3. The van der Waals surface area contributed by atoms with Crippen LogP contribution in [0.2, 0.25) is 0 Å². The molecule has 2 aliphatic heterocycles. The Morgan fingerprint density at radius 1 is 1.28 bits per heavy atom. The molecule has 0 radical (unpaired) electrons. The number of benzene rings is 1. The number of ketones is 1. The van der Waals surface area contributed by atoms with Crippen LogP contribution in [0.5, 0.6) is 17.2 Å². The summed E-state index contributed by atoms with van der Waals surface area (Å²) in [6.45, 7) is -1.50. The van der Waals surface area contributed by atoms with Crippen LogP contribution in [0.1, 0.15) is 36.5 Å². The molecule has 1 aromatic rings. The lowest BCUT2D eigenvalue weighted by molar-refractivity contribution is -0.842. The zero-order valence-electron chi connectivity index (χ0n) is 17.3. The topological polar surface area (TPSA) is 87.7 Å². The Morgan fingerprint density at radius 3 is 2.53 bits per heavy atom. The summed E-state index contributed by atoms with van der Waals surface area (Å²) in [6.07, 6.45) is 1.84. The summed E-state index contributed by atoms with van der Waals surface area (Å²) in [4.78, 5) is 18.0. The number of rotatable bonds is 8. The molecule has 1 fully saturated rings. The van der Waals surface area contributed by atoms with E-state index in [2.05, 4.69) is 4.74 Å². The van der Waals surface area contributed by atoms with Crippen molar-refractivity contribution in [2.45, 2.75) is 38.6 Å². The SMILES string of the molecule is CO[NH2+]/C=C(Cl)\C(CC(=O)c1ccc(OC(F)F)c2c1OC1(CCS(=O)CC1)O2)=C(/C)Cl. The highest BCUT2D eigenvalue weighted by molar-refractivity contribution is 7.85. The molecule has 0 aromatic heterocycles. The summed E-state index contributed by atoms with van der Waals surface area (Å²) in [6, 6.07) is 2.57. The van der Waals surface area contributed by atoms with E-state index in [0.29, 0.717) is 22.1 Å². The third-order valence-electron chi connectivity index (χ3n) is 4.98. The molecule has 0 unspecified atom stereocenters. The van der Waals surface area contributed by atoms with E-state index in [1.165, 1.54) is 30.9 Å². The first kappa shape index (κ1) is 24.9. The van der Waals surface area contributed by atoms with Gasteiger partial charge in [0.15, 0.2) is 17.3 Å². The number of carbonyl (C=O) groups excluding carboxylic acids is 1. The van der Waals surface area contributed by atoms with Crippen molar-refractivity contribution in [3.05, 3.63) is 39.5 Å². The van der Waals surface area contributed by atoms with Gasteiger partial charge in [0.25, 0.3) is 5.79 Å². The molecule has 12 heteroatoms. The first-order valence-electron chi connectivity index (χ1n) is 9.61. The number of carbonyl (C=O) groups is 1. The fourth-order valence-corrected chi connectivity index (χ4v) is 5.13. The van der Waals surface area contributed by atoms with Gasteiger partial charge in [0.05, 0.1) is 12.7 Å². The quantitative estimate of drug-likeness (QED) is 0.325. The second kappa shape index (κ2) is 10.5. The number of halogens is 4. The van der Waals surface area contributed by atoms with E-state index < -0.39 is 29.0 Å². The third-order valence-corrected chi connectivity index (χ3v) is 6.88. The van der Waals surface area contributed by atoms with Crippen LogP contribution in [0.15, 0.2) is 34.0 Å². The van der Waals surface area contributed by atoms with E-state index in [1.54, 1.807) is 6.92 Å². The summed E-state index contributed by atoms with van der Waals surface area (Å²) in [7, 11) is 0.437. The summed E-state index contributed by atoms with van der Waals surface area (Å²) in [5, 5.41) is 0.521. The molecule has 2 heterocycles. The van der Waals surface area contributed by atoms with E-state index in [9.17, 15) is 17.8 Å². The molecule has 7 nitrogen and oxygen atoms in total. The van der Waals surface area contributed by atoms with Gasteiger partial charge in [0.2, 0.25) is 5.75 Å². The number of hydrogen-bond donors (Lipinski definition) is 1. The van der Waals surface area contributed by atoms with Gasteiger partial charge in [-0.3, -0.25) is 9.00 Å². The monoisotopic (exact) mass is 512 g/mol. The van der Waals surface area contributed by atoms with Gasteiger partial charge in [-0.15, -0.1) is 0 Å². The Morgan fingerprint density at radius 2 is 1.94 bits per heavy atom. The molecule has 1 saturated heterocycles. The first-order chi connectivity index (χ1) is 15.2. The van der Waals surface area contributed by atoms with Crippen LogP contribution in [-0.4, -0.2) is 41.0 Å². The Bertz CT molecular complexity index is 971. The molecule has 0 bridgehead atoms. The number of Topliss-reactive ketones (excluding diaryl/α,β-unsaturated/α-hetero) is 1. The third kappa shape index (κ3) is 5.60. The lowest BCUT2D eigenvalue weighted by Gasteiger charge is -2.30. The largest absolute Gasteiger partial charge is 0.447 e. The summed E-state index contributed by atoms with van der Waals surface area (Å²) in [5.41, 5.74) is 1.82. The minimum absolute atomic E-state index is 0.0102. The zero-order chi connectivity index (χ0) is 23.5. The molecule has 1 aromatic carbocycles. The molecule has 0 amide bonds. The van der Waals surface area contributed by atoms with E-state index >= 15 is 0 Å². The zero-order valence-corrected chi connectivity index (χ0v) is 19.6. The summed E-state index contributed by atoms with van der Waals surface area (Å²) in [5.74, 6) is -1.24. The van der Waals surface area contributed by atoms with Crippen molar-refractivity contribution >= 4 is 39.8 Å². The lowest BCUT2D eigenvalue weighted by atomic mass is 10.0. The highest BCUT2D eigenvalue weighted by Gasteiger charge is 2.47. The average Bonchev–Trinajstić information content (AvgIpc) is 3.11. The molecule has 3 rings (SSSR count). The number of nitrogens with two attached hydrogens (primary N) is 1. The smallest absolute Gasteiger partial charge is 0.387 e. The van der Waals surface area contributed by atoms with Crippen molar-refractivity contribution in [2.75, 3.05) is 18.6 Å². The number of alkyl halides is 2. The van der Waals surface area contributed by atoms with E-state index in [-0.39, 0.29) is 47.1 Å². The van der Waals surface area contributed by atoms with Crippen molar-refractivity contribution in [1.82, 2.24) is 0 Å². The maximum absolute atomic E-state index is 13.2. The molecular formula is C20H22Cl2F2NO6S+. The fraction of sp³-hybridized carbons (Fsp3) is 0.450. The van der Waals surface area contributed by atoms with Crippen LogP contribution in [0.3, 0.4) is 0 Å². The van der Waals surface area contributed by atoms with Crippen LogP contribution in [0.4, 0.5) is 8.78 Å². The van der Waals surface area contributed by atoms with E-state index in [1.807, 2.05) is 0 Å². The van der Waals surface area contributed by atoms with Gasteiger partial charge >= 0.3 is 6.61 Å². The fourth-order valence-electron chi connectivity index (χ4n) is 3.37. The molecule has 0 atom stereocenters. The summed E-state index contributed by atoms with van der Waals surface area (Å²) >= 11 is 12.4. The molecule has 1 spiro atoms. The predicted octanol–water partition coefficient (Wildman–Crippen LogP) is 3.59. The number of hydroxylamine groups is 1. The first-order valence-corrected chi connectivity index (χ1v) is 11.9. The van der Waals surface area contributed by atoms with E-state index in [4.69, 9.17) is 37.5 Å². The van der Waals surface area contributed by atoms with Crippen molar-refractivity contribution in [1.29, 1.82) is 0 Å². The molecule has 2 aliphatic rings. The lowest BCUT2D eigenvalue weighted by Crippen LogP contribution is -2.76. The number of hydrogen-bond acceptors (Lipinski definition) is 6. The summed E-state index contributed by atoms with van der Waals surface area (Å²) < 4.78 is 54.0. The highest BCUT2D eigenvalue weighted by atomic mass is 35.5. The minimum Gasteiger partial charge on any atom is -0.447 e. The van der Waals surface area contributed by atoms with Crippen LogP contribution in [-0.2, 0) is 15.6 Å². The van der Waals surface area contributed by atoms with E-state index in [0.717, 1.165) is 0 Å². The Kier molecular flexibility index (Phi) is 8.16. The van der Waals surface area contributed by atoms with Gasteiger partial charge in [-0.2, -0.15) is 14.3 Å². The van der Waals surface area contributed by atoms with Crippen LogP contribution < -0.4 is 19.7 Å². The molecular weight excluding hydrogens is 491 g/mol. The number of quaternary nitrogens is 1. The van der Waals surface area contributed by atoms with Gasteiger partial charge in [-0.1, -0.05) is 23.2 Å². The number of allylic oxidation sites excluding steroid dienone is 3. The maximum Gasteiger partial charge on any atom is 0.387 e. The maximum atomic E-state index is 13.2. The molecule has 0 saturated carbocycles. The van der Waals surface area contributed by atoms with Crippen molar-refractivity contribution in [3.8, 4) is 17.2 Å². The van der Waals surface area contributed by atoms with Crippen molar-refractivity contribution in [3.63, 3.8) is 0 Å². The highest BCUT2D eigenvalue weighted by Crippen LogP contribution is 2.51. The Hall–Kier alpha value is -1.72. The normalized spacial score (nSPS) is 23.5. The molecule has 176 valence electrons. The van der Waals surface area contributed by atoms with Crippen LogP contribution in [0, 0.1) is 0 Å². The van der Waals surface area contributed by atoms with Crippen LogP contribution >= 0.6 is 23.2 Å². The number of fused-ring (bicyclic) bond motifs is 1. The second-order valence-corrected chi connectivity index (χ2v) is 9.78. The van der Waals surface area contributed by atoms with Crippen LogP contribution in [0.25, 0.3) is 0 Å². The molecule has 0 aliphatic carbocycles. The Labute approximate surface area is 196 Å². The van der Waals surface area contributed by atoms with Gasteiger partial charge in [0, 0.05) is 46.6 Å². The molecule has 2 N–H and O–H groups in total. The second-order valence-electron chi connectivity index (χ2n) is 7.11. The molecule has 32 heavy (non-hydrogen) atoms. The van der Waals surface area contributed by atoms with Crippen molar-refractivity contribution in [2.24, 2.45) is 0 Å².